The van der Waals surface area contributed by atoms with Crippen molar-refractivity contribution in [3.05, 3.63) is 42.0 Å². The van der Waals surface area contributed by atoms with Gasteiger partial charge < -0.3 is 10.1 Å². The lowest BCUT2D eigenvalue weighted by Crippen LogP contribution is -2.30. The zero-order chi connectivity index (χ0) is 13.5. The Morgan fingerprint density at radius 2 is 2.16 bits per heavy atom. The van der Waals surface area contributed by atoms with Gasteiger partial charge in [0.25, 0.3) is 5.91 Å². The van der Waals surface area contributed by atoms with Crippen molar-refractivity contribution in [2.45, 2.75) is 13.3 Å². The molecule has 1 aromatic heterocycles. The van der Waals surface area contributed by atoms with Crippen LogP contribution in [0, 0.1) is 6.92 Å². The van der Waals surface area contributed by atoms with E-state index in [0.717, 1.165) is 11.4 Å². The van der Waals surface area contributed by atoms with Gasteiger partial charge in [0.05, 0.1) is 0 Å². The fourth-order valence-electron chi connectivity index (χ4n) is 1.51. The summed E-state index contributed by atoms with van der Waals surface area (Å²) in [5.74, 6) is 1.29. The minimum atomic E-state index is -0.153. The normalized spacial score (nSPS) is 10.2. The molecule has 0 bridgehead atoms. The van der Waals surface area contributed by atoms with Crippen molar-refractivity contribution in [2.24, 2.45) is 0 Å². The van der Waals surface area contributed by atoms with Crippen LogP contribution in [-0.4, -0.2) is 34.2 Å². The molecule has 0 aliphatic heterocycles. The quantitative estimate of drug-likeness (QED) is 0.807. The zero-order valence-electron chi connectivity index (χ0n) is 10.7. The summed E-state index contributed by atoms with van der Waals surface area (Å²) >= 11 is 0. The lowest BCUT2D eigenvalue weighted by Gasteiger charge is -2.07. The van der Waals surface area contributed by atoms with Crippen LogP contribution in [0.15, 0.2) is 30.6 Å². The van der Waals surface area contributed by atoms with Gasteiger partial charge >= 0.3 is 0 Å². The van der Waals surface area contributed by atoms with Crippen molar-refractivity contribution < 1.29 is 9.53 Å². The van der Waals surface area contributed by atoms with E-state index in [9.17, 15) is 4.79 Å². The van der Waals surface area contributed by atoms with Crippen molar-refractivity contribution in [1.29, 1.82) is 0 Å². The minimum absolute atomic E-state index is 0.0134. The summed E-state index contributed by atoms with van der Waals surface area (Å²) in [6.45, 7) is 2.52. The molecule has 19 heavy (non-hydrogen) atoms. The smallest absolute Gasteiger partial charge is 0.257 e. The summed E-state index contributed by atoms with van der Waals surface area (Å²) in [6, 6.07) is 7.57. The monoisotopic (exact) mass is 260 g/mol. The lowest BCUT2D eigenvalue weighted by atomic mass is 10.2. The fourth-order valence-corrected chi connectivity index (χ4v) is 1.51. The maximum Gasteiger partial charge on any atom is 0.257 e. The number of aromatic nitrogens is 3. The number of nitrogens with one attached hydrogen (secondary N) is 2. The van der Waals surface area contributed by atoms with E-state index < -0.39 is 0 Å². The van der Waals surface area contributed by atoms with Gasteiger partial charge in [-0.3, -0.25) is 9.89 Å². The predicted molar refractivity (Wildman–Crippen MR) is 69.8 cm³/mol. The van der Waals surface area contributed by atoms with Gasteiger partial charge in [-0.15, -0.1) is 0 Å². The van der Waals surface area contributed by atoms with E-state index in [4.69, 9.17) is 4.74 Å². The summed E-state index contributed by atoms with van der Waals surface area (Å²) in [5, 5.41) is 9.21. The van der Waals surface area contributed by atoms with Gasteiger partial charge in [-0.05, 0) is 19.1 Å². The van der Waals surface area contributed by atoms with Crippen LogP contribution in [0.5, 0.6) is 5.75 Å². The first-order valence-electron chi connectivity index (χ1n) is 6.04. The van der Waals surface area contributed by atoms with Gasteiger partial charge in [0.15, 0.2) is 6.61 Å². The van der Waals surface area contributed by atoms with Gasteiger partial charge in [0.2, 0.25) is 0 Å². The molecule has 1 heterocycles. The first-order chi connectivity index (χ1) is 9.24. The van der Waals surface area contributed by atoms with Crippen LogP contribution in [0.2, 0.25) is 0 Å². The van der Waals surface area contributed by atoms with Gasteiger partial charge in [0.1, 0.15) is 17.9 Å². The summed E-state index contributed by atoms with van der Waals surface area (Å²) in [6.07, 6.45) is 2.06. The van der Waals surface area contributed by atoms with Crippen molar-refractivity contribution in [1.82, 2.24) is 20.5 Å². The Labute approximate surface area is 111 Å². The third kappa shape index (κ3) is 4.42. The van der Waals surface area contributed by atoms with Crippen LogP contribution in [-0.2, 0) is 11.2 Å². The highest BCUT2D eigenvalue weighted by Gasteiger charge is 2.03. The van der Waals surface area contributed by atoms with Gasteiger partial charge in [-0.1, -0.05) is 17.7 Å². The molecule has 0 atom stereocenters. The van der Waals surface area contributed by atoms with Crippen LogP contribution >= 0.6 is 0 Å². The van der Waals surface area contributed by atoms with Crippen molar-refractivity contribution in [3.63, 3.8) is 0 Å². The third-order valence-corrected chi connectivity index (χ3v) is 2.54. The molecule has 0 unspecified atom stereocenters. The molecule has 1 amide bonds. The number of carbonyl (C=O) groups excluding carboxylic acids is 1. The van der Waals surface area contributed by atoms with Gasteiger partial charge in [0, 0.05) is 13.0 Å². The second-order valence-electron chi connectivity index (χ2n) is 4.13. The molecule has 6 heteroatoms. The second kappa shape index (κ2) is 6.53. The first-order valence-corrected chi connectivity index (χ1v) is 6.04. The molecule has 2 rings (SSSR count). The molecular formula is C13H16N4O2. The highest BCUT2D eigenvalue weighted by Crippen LogP contribution is 2.10. The Hall–Kier alpha value is -2.37. The average molecular weight is 260 g/mol. The molecule has 0 saturated carbocycles. The standard InChI is InChI=1S/C13H16N4O2/c1-10-2-4-11(5-3-10)19-8-13(18)14-7-6-12-15-9-16-17-12/h2-5,9H,6-8H2,1H3,(H,14,18)(H,15,16,17). The van der Waals surface area contributed by atoms with E-state index in [1.54, 1.807) is 0 Å². The van der Waals surface area contributed by atoms with Crippen LogP contribution in [0.3, 0.4) is 0 Å². The number of hydrogen-bond donors (Lipinski definition) is 2. The second-order valence-corrected chi connectivity index (χ2v) is 4.13. The average Bonchev–Trinajstić information content (AvgIpc) is 2.91. The van der Waals surface area contributed by atoms with E-state index in [2.05, 4.69) is 20.5 Å². The van der Waals surface area contributed by atoms with E-state index in [0.29, 0.717) is 18.7 Å². The van der Waals surface area contributed by atoms with E-state index >= 15 is 0 Å². The van der Waals surface area contributed by atoms with Crippen molar-refractivity contribution in [3.8, 4) is 5.75 Å². The molecule has 100 valence electrons. The van der Waals surface area contributed by atoms with Crippen LogP contribution in [0.25, 0.3) is 0 Å². The molecule has 0 aliphatic rings. The summed E-state index contributed by atoms with van der Waals surface area (Å²) < 4.78 is 5.36. The van der Waals surface area contributed by atoms with Crippen LogP contribution < -0.4 is 10.1 Å². The molecule has 0 radical (unpaired) electrons. The molecule has 1 aromatic carbocycles. The summed E-state index contributed by atoms with van der Waals surface area (Å²) in [4.78, 5) is 15.5. The number of H-pyrrole nitrogens is 1. The zero-order valence-corrected chi connectivity index (χ0v) is 10.7. The van der Waals surface area contributed by atoms with E-state index in [-0.39, 0.29) is 12.5 Å². The SMILES string of the molecule is Cc1ccc(OCC(=O)NCCc2ncn[nH]2)cc1. The number of aryl methyl sites for hydroxylation is 1. The molecule has 6 nitrogen and oxygen atoms in total. The maximum atomic E-state index is 11.5. The van der Waals surface area contributed by atoms with E-state index in [1.807, 2.05) is 31.2 Å². The van der Waals surface area contributed by atoms with Crippen molar-refractivity contribution in [2.75, 3.05) is 13.2 Å². The molecule has 0 spiro atoms. The predicted octanol–water partition coefficient (Wildman–Crippen LogP) is 0.851. The largest absolute Gasteiger partial charge is 0.484 e. The summed E-state index contributed by atoms with van der Waals surface area (Å²) in [7, 11) is 0. The van der Waals surface area contributed by atoms with Gasteiger partial charge in [-0.25, -0.2) is 4.98 Å². The molecule has 0 aliphatic carbocycles. The third-order valence-electron chi connectivity index (χ3n) is 2.54. The Bertz CT molecular complexity index is 508. The highest BCUT2D eigenvalue weighted by molar-refractivity contribution is 5.77. The van der Waals surface area contributed by atoms with E-state index in [1.165, 1.54) is 6.33 Å². The lowest BCUT2D eigenvalue weighted by molar-refractivity contribution is -0.123. The first kappa shape index (κ1) is 13.1. The number of hydrogen-bond acceptors (Lipinski definition) is 4. The number of carbonyl (C=O) groups is 1. The topological polar surface area (TPSA) is 79.9 Å². The van der Waals surface area contributed by atoms with Gasteiger partial charge in [-0.2, -0.15) is 5.10 Å². The Kier molecular flexibility index (Phi) is 4.49. The minimum Gasteiger partial charge on any atom is -0.484 e. The molecule has 0 saturated heterocycles. The highest BCUT2D eigenvalue weighted by atomic mass is 16.5. The Morgan fingerprint density at radius 1 is 1.37 bits per heavy atom. The number of ether oxygens (including phenoxy) is 1. The number of amides is 1. The molecule has 2 N–H and O–H groups in total. The number of rotatable bonds is 6. The molecule has 0 fully saturated rings. The van der Waals surface area contributed by atoms with Crippen LogP contribution in [0.1, 0.15) is 11.4 Å². The fraction of sp³-hybridized carbons (Fsp3) is 0.308. The number of benzene rings is 1. The number of nitrogens with zero attached hydrogens (tertiary/aromatic N) is 2. The maximum absolute atomic E-state index is 11.5. The Balaban J connectivity index is 1.65. The van der Waals surface area contributed by atoms with Crippen molar-refractivity contribution >= 4 is 5.91 Å². The van der Waals surface area contributed by atoms with Crippen LogP contribution in [0.4, 0.5) is 0 Å². The Morgan fingerprint density at radius 3 is 2.84 bits per heavy atom. The summed E-state index contributed by atoms with van der Waals surface area (Å²) in [5.41, 5.74) is 1.16. The molecular weight excluding hydrogens is 244 g/mol. The number of aromatic amines is 1. The molecule has 2 aromatic rings.